The van der Waals surface area contributed by atoms with Crippen molar-refractivity contribution in [3.05, 3.63) is 41.0 Å². The van der Waals surface area contributed by atoms with E-state index in [1.807, 2.05) is 24.3 Å². The fraction of sp³-hybridized carbons (Fsp3) is 0.167. The molecule has 18 heavy (non-hydrogen) atoms. The number of anilines is 1. The Kier molecular flexibility index (Phi) is 2.64. The lowest BCUT2D eigenvalue weighted by Crippen LogP contribution is -2.13. The highest BCUT2D eigenvalue weighted by Gasteiger charge is 2.25. The second-order valence-corrected chi connectivity index (χ2v) is 4.74. The Labute approximate surface area is 107 Å². The molecule has 0 radical (unpaired) electrons. The van der Waals surface area contributed by atoms with E-state index in [0.29, 0.717) is 11.6 Å². The maximum Gasteiger partial charge on any atom is 0.357 e. The Morgan fingerprint density at radius 2 is 2.33 bits per heavy atom. The van der Waals surface area contributed by atoms with Crippen LogP contribution in [0.25, 0.3) is 0 Å². The third-order valence-corrected chi connectivity index (χ3v) is 3.53. The molecule has 0 fully saturated rings. The zero-order valence-electron chi connectivity index (χ0n) is 9.29. The molecule has 2 aromatic rings. The van der Waals surface area contributed by atoms with E-state index in [-0.39, 0.29) is 11.7 Å². The number of hydrogen-bond donors (Lipinski definition) is 2. The molecule has 0 aliphatic carbocycles. The summed E-state index contributed by atoms with van der Waals surface area (Å²) in [6.45, 7) is 0.496. The molecule has 5 nitrogen and oxygen atoms in total. The van der Waals surface area contributed by atoms with E-state index in [9.17, 15) is 4.79 Å². The molecule has 92 valence electrons. The first-order chi connectivity index (χ1) is 8.75. The molecule has 1 aliphatic rings. The van der Waals surface area contributed by atoms with E-state index < -0.39 is 5.97 Å². The molecular formula is C12H10N2O3S. The van der Waals surface area contributed by atoms with Crippen LogP contribution in [0, 0.1) is 0 Å². The summed E-state index contributed by atoms with van der Waals surface area (Å²) in [6, 6.07) is 7.70. The van der Waals surface area contributed by atoms with Crippen molar-refractivity contribution in [3.63, 3.8) is 0 Å². The van der Waals surface area contributed by atoms with Crippen LogP contribution >= 0.6 is 11.3 Å². The molecule has 0 amide bonds. The summed E-state index contributed by atoms with van der Waals surface area (Å²) in [5.74, 6) is -0.178. The smallest absolute Gasteiger partial charge is 0.357 e. The third kappa shape index (κ3) is 1.80. The highest BCUT2D eigenvalue weighted by atomic mass is 32.1. The van der Waals surface area contributed by atoms with E-state index >= 15 is 0 Å². The van der Waals surface area contributed by atoms with Gasteiger partial charge in [-0.1, -0.05) is 18.2 Å². The van der Waals surface area contributed by atoms with Crippen molar-refractivity contribution in [3.8, 4) is 5.75 Å². The zero-order chi connectivity index (χ0) is 12.5. The molecule has 6 heteroatoms. The van der Waals surface area contributed by atoms with Gasteiger partial charge in [-0.2, -0.15) is 0 Å². The molecule has 0 bridgehead atoms. The first-order valence-corrected chi connectivity index (χ1v) is 6.28. The van der Waals surface area contributed by atoms with Gasteiger partial charge in [0.1, 0.15) is 17.4 Å². The van der Waals surface area contributed by atoms with Crippen LogP contribution in [-0.4, -0.2) is 22.7 Å². The minimum Gasteiger partial charge on any atom is -0.491 e. The van der Waals surface area contributed by atoms with Gasteiger partial charge in [0.05, 0.1) is 11.6 Å². The molecule has 2 heterocycles. The second-order valence-electron chi connectivity index (χ2n) is 3.88. The molecule has 0 spiro atoms. The molecule has 1 unspecified atom stereocenters. The number of carbonyl (C=O) groups is 1. The van der Waals surface area contributed by atoms with Crippen LogP contribution in [0.4, 0.5) is 5.00 Å². The fourth-order valence-corrected chi connectivity index (χ4v) is 2.67. The first-order valence-electron chi connectivity index (χ1n) is 5.41. The molecular weight excluding hydrogens is 252 g/mol. The summed E-state index contributed by atoms with van der Waals surface area (Å²) in [4.78, 5) is 14.8. The number of rotatable bonds is 3. The van der Waals surface area contributed by atoms with Crippen LogP contribution in [0.5, 0.6) is 5.75 Å². The first kappa shape index (κ1) is 11.0. The summed E-state index contributed by atoms with van der Waals surface area (Å²) in [6.07, 6.45) is 0. The molecule has 0 saturated carbocycles. The van der Waals surface area contributed by atoms with Gasteiger partial charge >= 0.3 is 5.97 Å². The molecule has 1 atom stereocenters. The topological polar surface area (TPSA) is 71.5 Å². The van der Waals surface area contributed by atoms with Crippen LogP contribution in [-0.2, 0) is 0 Å². The molecule has 3 rings (SSSR count). The van der Waals surface area contributed by atoms with Gasteiger partial charge in [-0.15, -0.1) is 11.3 Å². The quantitative estimate of drug-likeness (QED) is 0.888. The Morgan fingerprint density at radius 1 is 1.50 bits per heavy atom. The van der Waals surface area contributed by atoms with E-state index in [1.54, 1.807) is 0 Å². The SMILES string of the molecule is O=C(O)c1ncsc1NC1COc2ccccc21. The Hall–Kier alpha value is -2.08. The summed E-state index contributed by atoms with van der Waals surface area (Å²) >= 11 is 1.28. The van der Waals surface area contributed by atoms with Crippen molar-refractivity contribution in [2.24, 2.45) is 0 Å². The van der Waals surface area contributed by atoms with Crippen molar-refractivity contribution in [2.75, 3.05) is 11.9 Å². The highest BCUT2D eigenvalue weighted by Crippen LogP contribution is 2.35. The van der Waals surface area contributed by atoms with Gasteiger partial charge in [-0.25, -0.2) is 9.78 Å². The van der Waals surface area contributed by atoms with Gasteiger partial charge in [-0.3, -0.25) is 0 Å². The Morgan fingerprint density at radius 3 is 3.17 bits per heavy atom. The standard InChI is InChI=1S/C12H10N2O3S/c15-12(16)10-11(18-6-13-10)14-8-5-17-9-4-2-1-3-7(8)9/h1-4,6,8,14H,5H2,(H,15,16). The maximum atomic E-state index is 11.0. The summed E-state index contributed by atoms with van der Waals surface area (Å²) in [5, 5.41) is 12.7. The van der Waals surface area contributed by atoms with E-state index in [2.05, 4.69) is 10.3 Å². The molecule has 0 saturated heterocycles. The average Bonchev–Trinajstić information content (AvgIpc) is 2.97. The minimum absolute atomic E-state index is 0.0280. The van der Waals surface area contributed by atoms with Crippen molar-refractivity contribution in [2.45, 2.75) is 6.04 Å². The lowest BCUT2D eigenvalue weighted by molar-refractivity contribution is 0.0692. The van der Waals surface area contributed by atoms with Gasteiger partial charge in [0, 0.05) is 5.56 Å². The van der Waals surface area contributed by atoms with Crippen molar-refractivity contribution < 1.29 is 14.6 Å². The van der Waals surface area contributed by atoms with Crippen molar-refractivity contribution in [1.82, 2.24) is 4.98 Å². The van der Waals surface area contributed by atoms with E-state index in [4.69, 9.17) is 9.84 Å². The van der Waals surface area contributed by atoms with Gasteiger partial charge in [0.25, 0.3) is 0 Å². The predicted molar refractivity (Wildman–Crippen MR) is 67.4 cm³/mol. The Bertz CT molecular complexity index is 597. The fourth-order valence-electron chi connectivity index (χ4n) is 1.94. The monoisotopic (exact) mass is 262 g/mol. The van der Waals surface area contributed by atoms with Gasteiger partial charge in [0.2, 0.25) is 0 Å². The minimum atomic E-state index is -1.02. The zero-order valence-corrected chi connectivity index (χ0v) is 10.1. The normalized spacial score (nSPS) is 17.0. The number of carboxylic acids is 1. The number of nitrogens with one attached hydrogen (secondary N) is 1. The van der Waals surface area contributed by atoms with Crippen molar-refractivity contribution >= 4 is 22.3 Å². The van der Waals surface area contributed by atoms with E-state index in [1.165, 1.54) is 16.8 Å². The lowest BCUT2D eigenvalue weighted by Gasteiger charge is -2.11. The molecule has 1 aromatic carbocycles. The van der Waals surface area contributed by atoms with Crippen LogP contribution < -0.4 is 10.1 Å². The number of aromatic carboxylic acids is 1. The van der Waals surface area contributed by atoms with Crippen molar-refractivity contribution in [1.29, 1.82) is 0 Å². The third-order valence-electron chi connectivity index (χ3n) is 2.78. The summed E-state index contributed by atoms with van der Waals surface area (Å²) in [5.41, 5.74) is 2.62. The predicted octanol–water partition coefficient (Wildman–Crippen LogP) is 2.39. The molecule has 1 aliphatic heterocycles. The van der Waals surface area contributed by atoms with Crippen LogP contribution in [0.2, 0.25) is 0 Å². The number of para-hydroxylation sites is 1. The summed E-state index contributed by atoms with van der Waals surface area (Å²) < 4.78 is 5.53. The number of aromatic nitrogens is 1. The number of nitrogens with zero attached hydrogens (tertiary/aromatic N) is 1. The summed E-state index contributed by atoms with van der Waals surface area (Å²) in [7, 11) is 0. The van der Waals surface area contributed by atoms with Gasteiger partial charge < -0.3 is 15.2 Å². The number of hydrogen-bond acceptors (Lipinski definition) is 5. The lowest BCUT2D eigenvalue weighted by atomic mass is 10.1. The number of thiazole rings is 1. The van der Waals surface area contributed by atoms with Crippen LogP contribution in [0.15, 0.2) is 29.8 Å². The van der Waals surface area contributed by atoms with E-state index in [0.717, 1.165) is 11.3 Å². The Balaban J connectivity index is 1.86. The molecule has 2 N–H and O–H groups in total. The second kappa shape index (κ2) is 4.30. The number of carboxylic acid groups (broad SMARTS) is 1. The maximum absolute atomic E-state index is 11.0. The number of benzene rings is 1. The van der Waals surface area contributed by atoms with Gasteiger partial charge in [0.15, 0.2) is 5.69 Å². The van der Waals surface area contributed by atoms with Gasteiger partial charge in [-0.05, 0) is 6.07 Å². The largest absolute Gasteiger partial charge is 0.491 e. The molecule has 1 aromatic heterocycles. The van der Waals surface area contributed by atoms with Crippen LogP contribution in [0.3, 0.4) is 0 Å². The average molecular weight is 262 g/mol. The highest BCUT2D eigenvalue weighted by molar-refractivity contribution is 7.14. The number of fused-ring (bicyclic) bond motifs is 1. The van der Waals surface area contributed by atoms with Crippen LogP contribution in [0.1, 0.15) is 22.1 Å². The number of ether oxygens (including phenoxy) is 1.